The van der Waals surface area contributed by atoms with Crippen LogP contribution in [0.15, 0.2) is 176 Å². The molecule has 4 nitrogen and oxygen atoms in total. The molecule has 1 aromatic heterocycles. The Morgan fingerprint density at radius 1 is 0.426 bits per heavy atom. The van der Waals surface area contributed by atoms with Crippen molar-refractivity contribution in [2.75, 3.05) is 0 Å². The highest BCUT2D eigenvalue weighted by Crippen LogP contribution is 2.54. The molecule has 0 N–H and O–H groups in total. The number of nitriles is 1. The second kappa shape index (κ2) is 16.2. The number of rotatable bonds is 8. The SMILES string of the molecule is C[C@@H]1CC2C[C@H](C)CC(c3ccc(-c4cc(-c5nc(-c6cccc(-c7ccccc7)c6)nc(-c6cccc(-c7ccccc7)c6)n5)cc(-c5ccccc5C#N)c4)cc3)(C2)C1. The molecular weight excluding hydrogens is 741 g/mol. The van der Waals surface area contributed by atoms with E-state index in [0.717, 1.165) is 79.0 Å². The molecule has 2 unspecified atom stereocenters. The molecule has 4 heteroatoms. The smallest absolute Gasteiger partial charge is 0.164 e. The minimum absolute atomic E-state index is 0.255. The molecule has 7 aromatic carbocycles. The van der Waals surface area contributed by atoms with Crippen molar-refractivity contribution in [3.05, 3.63) is 187 Å². The van der Waals surface area contributed by atoms with Gasteiger partial charge in [0.1, 0.15) is 0 Å². The van der Waals surface area contributed by atoms with Crippen LogP contribution in [0.25, 0.3) is 78.7 Å². The van der Waals surface area contributed by atoms with E-state index >= 15 is 0 Å². The number of hydrogen-bond acceptors (Lipinski definition) is 4. The zero-order valence-corrected chi connectivity index (χ0v) is 34.8. The van der Waals surface area contributed by atoms with Crippen molar-refractivity contribution in [2.45, 2.75) is 51.4 Å². The number of hydrogen-bond donors (Lipinski definition) is 0. The molecule has 2 bridgehead atoms. The van der Waals surface area contributed by atoms with Crippen LogP contribution in [0.1, 0.15) is 57.1 Å². The standard InChI is InChI=1S/C57H48N4/c1-38-27-40-28-39(2)35-57(34-38,36-40)52-25-23-43(24-26-52)49-31-50(53-22-10-9-17-48(53)37-58)33-51(32-49)56-60-54(46-20-11-18-44(29-46)41-13-5-3-6-14-41)59-55(61-56)47-21-12-19-45(30-47)42-15-7-4-8-16-42/h3-26,29-33,38-40H,27-28,34-36H2,1-2H3/t38-,39+,40?,57?. The van der Waals surface area contributed by atoms with Gasteiger partial charge in [-0.1, -0.05) is 153 Å². The first-order valence-electron chi connectivity index (χ1n) is 21.7. The molecule has 0 amide bonds. The molecule has 2 saturated carbocycles. The summed E-state index contributed by atoms with van der Waals surface area (Å²) in [5.74, 6) is 4.09. The average Bonchev–Trinajstić information content (AvgIpc) is 3.31. The third-order valence-corrected chi connectivity index (χ3v) is 13.1. The van der Waals surface area contributed by atoms with Crippen molar-refractivity contribution in [3.63, 3.8) is 0 Å². The molecule has 0 aliphatic heterocycles. The Bertz CT molecular complexity index is 2770. The van der Waals surface area contributed by atoms with E-state index in [2.05, 4.69) is 159 Å². The Labute approximate surface area is 359 Å². The van der Waals surface area contributed by atoms with Crippen LogP contribution < -0.4 is 0 Å². The molecule has 4 atom stereocenters. The van der Waals surface area contributed by atoms with Crippen molar-refractivity contribution in [1.29, 1.82) is 5.26 Å². The summed E-state index contributed by atoms with van der Waals surface area (Å²) in [6.07, 6.45) is 6.56. The first-order chi connectivity index (χ1) is 29.9. The van der Waals surface area contributed by atoms with Gasteiger partial charge < -0.3 is 0 Å². The molecular formula is C57H48N4. The van der Waals surface area contributed by atoms with E-state index in [4.69, 9.17) is 15.0 Å². The van der Waals surface area contributed by atoms with Gasteiger partial charge in [0.15, 0.2) is 17.5 Å². The fraction of sp³-hybridized carbons (Fsp3) is 0.193. The van der Waals surface area contributed by atoms with Gasteiger partial charge in [0.05, 0.1) is 11.6 Å². The topological polar surface area (TPSA) is 62.5 Å². The fourth-order valence-corrected chi connectivity index (χ4v) is 10.7. The van der Waals surface area contributed by atoms with Crippen LogP contribution in [0, 0.1) is 29.1 Å². The van der Waals surface area contributed by atoms with Crippen LogP contribution in [-0.2, 0) is 5.41 Å². The van der Waals surface area contributed by atoms with Crippen LogP contribution >= 0.6 is 0 Å². The number of benzene rings is 7. The van der Waals surface area contributed by atoms with Crippen LogP contribution in [0.2, 0.25) is 0 Å². The Morgan fingerprint density at radius 3 is 1.44 bits per heavy atom. The molecule has 10 rings (SSSR count). The van der Waals surface area contributed by atoms with Gasteiger partial charge in [-0.3, -0.25) is 0 Å². The first kappa shape index (κ1) is 38.3. The maximum Gasteiger partial charge on any atom is 0.164 e. The third kappa shape index (κ3) is 7.81. The minimum Gasteiger partial charge on any atom is -0.208 e. The molecule has 296 valence electrons. The lowest BCUT2D eigenvalue weighted by molar-refractivity contribution is 0.0780. The quantitative estimate of drug-likeness (QED) is 0.154. The summed E-state index contributed by atoms with van der Waals surface area (Å²) in [6.45, 7) is 4.91. The van der Waals surface area contributed by atoms with Crippen molar-refractivity contribution in [2.24, 2.45) is 17.8 Å². The van der Waals surface area contributed by atoms with Crippen LogP contribution in [0.5, 0.6) is 0 Å². The molecule has 8 aromatic rings. The average molecular weight is 789 g/mol. The van der Waals surface area contributed by atoms with E-state index in [9.17, 15) is 5.26 Å². The summed E-state index contributed by atoms with van der Waals surface area (Å²) < 4.78 is 0. The number of aromatic nitrogens is 3. The Hall–Kier alpha value is -6.96. The molecule has 2 aliphatic rings. The van der Waals surface area contributed by atoms with Crippen molar-refractivity contribution in [1.82, 2.24) is 15.0 Å². The molecule has 0 saturated heterocycles. The van der Waals surface area contributed by atoms with E-state index in [1.165, 1.54) is 37.7 Å². The van der Waals surface area contributed by atoms with Gasteiger partial charge >= 0.3 is 0 Å². The van der Waals surface area contributed by atoms with Crippen LogP contribution in [0.4, 0.5) is 0 Å². The van der Waals surface area contributed by atoms with E-state index in [-0.39, 0.29) is 5.41 Å². The van der Waals surface area contributed by atoms with Crippen molar-refractivity contribution < 1.29 is 0 Å². The summed E-state index contributed by atoms with van der Waals surface area (Å²) in [5.41, 5.74) is 13.5. The van der Waals surface area contributed by atoms with Gasteiger partial charge in [0.25, 0.3) is 0 Å². The highest BCUT2D eigenvalue weighted by Gasteiger charge is 2.45. The fourth-order valence-electron chi connectivity index (χ4n) is 10.7. The Morgan fingerprint density at radius 2 is 0.869 bits per heavy atom. The second-order valence-corrected chi connectivity index (χ2v) is 17.7. The van der Waals surface area contributed by atoms with Gasteiger partial charge in [-0.2, -0.15) is 5.26 Å². The molecule has 61 heavy (non-hydrogen) atoms. The van der Waals surface area contributed by atoms with Crippen LogP contribution in [0.3, 0.4) is 0 Å². The largest absolute Gasteiger partial charge is 0.208 e. The lowest BCUT2D eigenvalue weighted by Crippen LogP contribution is -2.42. The summed E-state index contributed by atoms with van der Waals surface area (Å²) in [6, 6.07) is 63.9. The van der Waals surface area contributed by atoms with Crippen molar-refractivity contribution >= 4 is 0 Å². The highest BCUT2D eigenvalue weighted by molar-refractivity contribution is 5.83. The summed E-state index contributed by atoms with van der Waals surface area (Å²) in [5, 5.41) is 10.3. The van der Waals surface area contributed by atoms with E-state index in [0.29, 0.717) is 23.0 Å². The van der Waals surface area contributed by atoms with Crippen LogP contribution in [-0.4, -0.2) is 15.0 Å². The number of nitrogens with zero attached hydrogens (tertiary/aromatic N) is 4. The Balaban J connectivity index is 1.13. The highest BCUT2D eigenvalue weighted by atomic mass is 15.0. The monoisotopic (exact) mass is 788 g/mol. The van der Waals surface area contributed by atoms with Gasteiger partial charge in [-0.05, 0) is 142 Å². The molecule has 1 heterocycles. The van der Waals surface area contributed by atoms with E-state index in [1.807, 2.05) is 36.4 Å². The van der Waals surface area contributed by atoms with Crippen molar-refractivity contribution in [3.8, 4) is 84.7 Å². The van der Waals surface area contributed by atoms with E-state index in [1.54, 1.807) is 0 Å². The minimum atomic E-state index is 0.255. The second-order valence-electron chi connectivity index (χ2n) is 17.7. The molecule has 2 aliphatic carbocycles. The molecule has 2 fully saturated rings. The zero-order chi connectivity index (χ0) is 41.3. The maximum atomic E-state index is 10.3. The van der Waals surface area contributed by atoms with Gasteiger partial charge in [-0.25, -0.2) is 15.0 Å². The van der Waals surface area contributed by atoms with Gasteiger partial charge in [0.2, 0.25) is 0 Å². The van der Waals surface area contributed by atoms with E-state index < -0.39 is 0 Å². The maximum absolute atomic E-state index is 10.3. The first-order valence-corrected chi connectivity index (χ1v) is 21.7. The normalized spacial score (nSPS) is 19.5. The Kier molecular flexibility index (Phi) is 10.2. The van der Waals surface area contributed by atoms with Gasteiger partial charge in [0, 0.05) is 16.7 Å². The molecule has 0 spiro atoms. The van der Waals surface area contributed by atoms with Gasteiger partial charge in [-0.15, -0.1) is 0 Å². The lowest BCUT2D eigenvalue weighted by atomic mass is 9.54. The summed E-state index contributed by atoms with van der Waals surface area (Å²) in [7, 11) is 0. The predicted molar refractivity (Wildman–Crippen MR) is 249 cm³/mol. The lowest BCUT2D eigenvalue weighted by Gasteiger charge is -2.50. The zero-order valence-electron chi connectivity index (χ0n) is 34.8. The number of fused-ring (bicyclic) bond motifs is 2. The molecule has 0 radical (unpaired) electrons. The summed E-state index contributed by atoms with van der Waals surface area (Å²) >= 11 is 0. The summed E-state index contributed by atoms with van der Waals surface area (Å²) in [4.78, 5) is 15.7. The third-order valence-electron chi connectivity index (χ3n) is 13.1. The predicted octanol–water partition coefficient (Wildman–Crippen LogP) is 14.5.